The maximum Gasteiger partial charge on any atom is 0.277 e. The van der Waals surface area contributed by atoms with Crippen LogP contribution in [0.3, 0.4) is 0 Å². The van der Waals surface area contributed by atoms with E-state index in [1.807, 2.05) is 40.1 Å². The molecular formula is C19H17N7O5. The Hall–Kier alpha value is -4.35. The third kappa shape index (κ3) is 4.17. The Bertz CT molecular complexity index is 1110. The van der Waals surface area contributed by atoms with Crippen molar-refractivity contribution in [3.05, 3.63) is 80.9 Å². The third-order valence-electron chi connectivity index (χ3n) is 4.97. The fourth-order valence-corrected chi connectivity index (χ4v) is 3.39. The SMILES string of the molecule is O=C(c1cc([N+](=O)[O-])cc([N+](=O)[O-])c1)N1CCN(c2cc(-n3cccc3)ncn2)CC1. The number of nitro groups is 2. The molecule has 0 unspecified atom stereocenters. The zero-order chi connectivity index (χ0) is 22.0. The zero-order valence-electron chi connectivity index (χ0n) is 16.2. The van der Waals surface area contributed by atoms with E-state index >= 15 is 0 Å². The number of hydrogen-bond donors (Lipinski definition) is 0. The molecule has 0 aliphatic carbocycles. The molecule has 1 amide bonds. The van der Waals surface area contributed by atoms with Crippen molar-refractivity contribution in [1.29, 1.82) is 0 Å². The quantitative estimate of drug-likeness (QED) is 0.448. The highest BCUT2D eigenvalue weighted by Gasteiger charge is 2.26. The monoisotopic (exact) mass is 423 g/mol. The summed E-state index contributed by atoms with van der Waals surface area (Å²) >= 11 is 0. The summed E-state index contributed by atoms with van der Waals surface area (Å²) in [4.78, 5) is 45.6. The van der Waals surface area contributed by atoms with Crippen molar-refractivity contribution in [2.75, 3.05) is 31.1 Å². The Labute approximate surface area is 175 Å². The second-order valence-electron chi connectivity index (χ2n) is 6.86. The Kier molecular flexibility index (Phi) is 5.26. The van der Waals surface area contributed by atoms with Gasteiger partial charge in [-0.3, -0.25) is 25.0 Å². The molecule has 1 aliphatic heterocycles. The summed E-state index contributed by atoms with van der Waals surface area (Å²) in [6.45, 7) is 1.67. The number of rotatable bonds is 5. The minimum atomic E-state index is -0.751. The molecule has 0 radical (unpaired) electrons. The summed E-state index contributed by atoms with van der Waals surface area (Å²) in [5.74, 6) is 0.955. The number of non-ortho nitro benzene ring substituents is 2. The third-order valence-corrected chi connectivity index (χ3v) is 4.97. The number of carbonyl (C=O) groups is 1. The van der Waals surface area contributed by atoms with Crippen molar-refractivity contribution in [2.24, 2.45) is 0 Å². The summed E-state index contributed by atoms with van der Waals surface area (Å²) in [7, 11) is 0. The average molecular weight is 423 g/mol. The van der Waals surface area contributed by atoms with Crippen molar-refractivity contribution in [2.45, 2.75) is 0 Å². The van der Waals surface area contributed by atoms with Gasteiger partial charge in [0.25, 0.3) is 17.3 Å². The van der Waals surface area contributed by atoms with Gasteiger partial charge in [-0.25, -0.2) is 9.97 Å². The molecule has 1 aromatic carbocycles. The standard InChI is InChI=1S/C19H17N7O5/c27-19(14-9-15(25(28)29)11-16(10-14)26(30)31)24-7-5-23(6-8-24)18-12-17(20-13-21-18)22-3-1-2-4-22/h1-4,9-13H,5-8H2. The number of amides is 1. The second kappa shape index (κ2) is 8.18. The predicted molar refractivity (Wildman–Crippen MR) is 109 cm³/mol. The minimum absolute atomic E-state index is 0.0775. The summed E-state index contributed by atoms with van der Waals surface area (Å²) in [6.07, 6.45) is 5.23. The molecule has 1 fully saturated rings. The van der Waals surface area contributed by atoms with E-state index in [9.17, 15) is 25.0 Å². The summed E-state index contributed by atoms with van der Waals surface area (Å²) < 4.78 is 1.86. The Morgan fingerprint density at radius 2 is 1.42 bits per heavy atom. The van der Waals surface area contributed by atoms with Gasteiger partial charge in [0.05, 0.1) is 21.5 Å². The summed E-state index contributed by atoms with van der Waals surface area (Å²) in [5.41, 5.74) is -1.06. The van der Waals surface area contributed by atoms with Gasteiger partial charge in [0.1, 0.15) is 18.0 Å². The number of benzene rings is 1. The zero-order valence-corrected chi connectivity index (χ0v) is 16.2. The van der Waals surface area contributed by atoms with Crippen LogP contribution in [0.1, 0.15) is 10.4 Å². The van der Waals surface area contributed by atoms with Crippen LogP contribution >= 0.6 is 0 Å². The molecule has 1 aliphatic rings. The molecule has 31 heavy (non-hydrogen) atoms. The Morgan fingerprint density at radius 1 is 0.839 bits per heavy atom. The van der Waals surface area contributed by atoms with Crippen LogP contribution in [0.25, 0.3) is 5.82 Å². The van der Waals surface area contributed by atoms with Crippen LogP contribution in [0.4, 0.5) is 17.2 Å². The Morgan fingerprint density at radius 3 is 2.00 bits per heavy atom. The highest BCUT2D eigenvalue weighted by molar-refractivity contribution is 5.95. The number of nitro benzene ring substituents is 2. The van der Waals surface area contributed by atoms with Crippen LogP contribution in [0.15, 0.2) is 55.1 Å². The summed E-state index contributed by atoms with van der Waals surface area (Å²) in [5, 5.41) is 22.2. The van der Waals surface area contributed by atoms with Gasteiger partial charge in [0.2, 0.25) is 0 Å². The van der Waals surface area contributed by atoms with E-state index in [-0.39, 0.29) is 5.56 Å². The van der Waals surface area contributed by atoms with Gasteiger partial charge in [-0.05, 0) is 12.1 Å². The normalized spacial score (nSPS) is 13.8. The first-order valence-corrected chi connectivity index (χ1v) is 9.36. The molecule has 12 nitrogen and oxygen atoms in total. The molecule has 158 valence electrons. The van der Waals surface area contributed by atoms with Gasteiger partial charge in [0.15, 0.2) is 0 Å². The maximum atomic E-state index is 12.8. The number of carbonyl (C=O) groups excluding carboxylic acids is 1. The van der Waals surface area contributed by atoms with Crippen LogP contribution in [-0.4, -0.2) is 61.4 Å². The van der Waals surface area contributed by atoms with E-state index in [1.165, 1.54) is 11.2 Å². The molecule has 0 bridgehead atoms. The first-order valence-electron chi connectivity index (χ1n) is 9.36. The number of hydrogen-bond acceptors (Lipinski definition) is 8. The lowest BCUT2D eigenvalue weighted by Crippen LogP contribution is -2.49. The van der Waals surface area contributed by atoms with Gasteiger partial charge < -0.3 is 14.4 Å². The van der Waals surface area contributed by atoms with Gasteiger partial charge in [-0.2, -0.15) is 0 Å². The average Bonchev–Trinajstić information content (AvgIpc) is 3.33. The highest BCUT2D eigenvalue weighted by Crippen LogP contribution is 2.24. The highest BCUT2D eigenvalue weighted by atomic mass is 16.6. The van der Waals surface area contributed by atoms with Crippen LogP contribution < -0.4 is 4.90 Å². The van der Waals surface area contributed by atoms with Crippen LogP contribution in [-0.2, 0) is 0 Å². The number of piperazine rings is 1. The van der Waals surface area contributed by atoms with Gasteiger partial charge in [-0.1, -0.05) is 0 Å². The van der Waals surface area contributed by atoms with Crippen LogP contribution in [0.5, 0.6) is 0 Å². The largest absolute Gasteiger partial charge is 0.353 e. The molecule has 3 aromatic rings. The molecule has 3 heterocycles. The lowest BCUT2D eigenvalue weighted by Gasteiger charge is -2.35. The smallest absolute Gasteiger partial charge is 0.277 e. The first-order chi connectivity index (χ1) is 14.9. The summed E-state index contributed by atoms with van der Waals surface area (Å²) in [6, 6.07) is 8.60. The number of nitrogens with zero attached hydrogens (tertiary/aromatic N) is 7. The van der Waals surface area contributed by atoms with Crippen LogP contribution in [0, 0.1) is 20.2 Å². The maximum absolute atomic E-state index is 12.8. The van der Waals surface area contributed by atoms with Gasteiger partial charge >= 0.3 is 0 Å². The van der Waals surface area contributed by atoms with E-state index < -0.39 is 27.1 Å². The topological polar surface area (TPSA) is 141 Å². The predicted octanol–water partition coefficient (Wildman–Crippen LogP) is 2.05. The first kappa shape index (κ1) is 19.9. The fourth-order valence-electron chi connectivity index (χ4n) is 3.39. The van der Waals surface area contributed by atoms with Crippen molar-refractivity contribution >= 4 is 23.1 Å². The lowest BCUT2D eigenvalue weighted by molar-refractivity contribution is -0.394. The fraction of sp³-hybridized carbons (Fsp3) is 0.211. The number of anilines is 1. The van der Waals surface area contributed by atoms with Crippen molar-refractivity contribution in [3.8, 4) is 5.82 Å². The van der Waals surface area contributed by atoms with Gasteiger partial charge in [0, 0.05) is 56.8 Å². The Balaban J connectivity index is 1.48. The molecule has 12 heteroatoms. The van der Waals surface area contributed by atoms with Crippen LogP contribution in [0.2, 0.25) is 0 Å². The van der Waals surface area contributed by atoms with E-state index in [1.54, 1.807) is 0 Å². The van der Waals surface area contributed by atoms with E-state index in [2.05, 4.69) is 9.97 Å². The molecule has 4 rings (SSSR count). The van der Waals surface area contributed by atoms with E-state index in [4.69, 9.17) is 0 Å². The molecule has 0 N–H and O–H groups in total. The molecule has 0 atom stereocenters. The molecule has 1 saturated heterocycles. The number of aromatic nitrogens is 3. The minimum Gasteiger partial charge on any atom is -0.353 e. The molecule has 0 spiro atoms. The molecule has 0 saturated carbocycles. The lowest BCUT2D eigenvalue weighted by atomic mass is 10.1. The van der Waals surface area contributed by atoms with E-state index in [0.29, 0.717) is 26.2 Å². The molecular weight excluding hydrogens is 406 g/mol. The van der Waals surface area contributed by atoms with E-state index in [0.717, 1.165) is 29.8 Å². The van der Waals surface area contributed by atoms with Crippen molar-refractivity contribution < 1.29 is 14.6 Å². The van der Waals surface area contributed by atoms with Crippen molar-refractivity contribution in [1.82, 2.24) is 19.4 Å². The van der Waals surface area contributed by atoms with Crippen molar-refractivity contribution in [3.63, 3.8) is 0 Å². The second-order valence-corrected chi connectivity index (χ2v) is 6.86. The molecule has 2 aromatic heterocycles. The van der Waals surface area contributed by atoms with Gasteiger partial charge in [-0.15, -0.1) is 0 Å².